The highest BCUT2D eigenvalue weighted by molar-refractivity contribution is 5.94. The summed E-state index contributed by atoms with van der Waals surface area (Å²) in [6, 6.07) is 2.73. The zero-order valence-electron chi connectivity index (χ0n) is 46.3. The van der Waals surface area contributed by atoms with E-state index in [4.69, 9.17) is 17.3 Å². The van der Waals surface area contributed by atoms with E-state index in [-0.39, 0.29) is 57.4 Å². The smallest absolute Gasteiger partial charge is 0.337 e. The second-order valence-corrected chi connectivity index (χ2v) is 16.5. The fraction of sp³-hybridized carbons (Fsp3) is 0.267. The van der Waals surface area contributed by atoms with Crippen molar-refractivity contribution in [3.63, 3.8) is 0 Å². The molecule has 10 rings (SSSR count). The molecular formula is C45H40F3N21O8. The first-order valence-corrected chi connectivity index (χ1v) is 22.2. The highest BCUT2D eigenvalue weighted by Crippen LogP contribution is 2.27. The van der Waals surface area contributed by atoms with Crippen LogP contribution in [0.2, 0.25) is 0 Å². The predicted molar refractivity (Wildman–Crippen MR) is 259 cm³/mol. The van der Waals surface area contributed by atoms with Crippen molar-refractivity contribution in [1.29, 1.82) is 0 Å². The Morgan fingerprint density at radius 2 is 1.10 bits per heavy atom. The van der Waals surface area contributed by atoms with Gasteiger partial charge in [-0.1, -0.05) is 16.4 Å². The topological polar surface area (TPSA) is 350 Å². The van der Waals surface area contributed by atoms with Crippen LogP contribution in [-0.2, 0) is 42.8 Å². The summed E-state index contributed by atoms with van der Waals surface area (Å²) in [4.78, 5) is 123. The SMILES string of the molecule is [2H]C([2H])([2H])n1c(=O)n(Cc2nc(C)no2)c(=O)c2c1ncn2C(C)C(=O)Nc1cccc(-c2cnc(C)nc2)n1.[2H]C([2H])([2H])n1c(=O)n(Cc2nc(C)no2)c(=O)c2c1ncn2C(C)C(=O)Nc1cncc(-c2cnc(C(F)(F)F)nc2)n1. The Morgan fingerprint density at radius 3 is 1.58 bits per heavy atom. The van der Waals surface area contributed by atoms with Crippen molar-refractivity contribution in [3.8, 4) is 22.5 Å². The van der Waals surface area contributed by atoms with Crippen molar-refractivity contribution < 1.29 is 40.0 Å². The normalized spacial score (nSPS) is 13.8. The monoisotopic (exact) mass is 1070 g/mol. The van der Waals surface area contributed by atoms with Crippen LogP contribution in [0.25, 0.3) is 44.8 Å². The van der Waals surface area contributed by atoms with E-state index in [9.17, 15) is 41.9 Å². The van der Waals surface area contributed by atoms with Crippen molar-refractivity contribution in [2.45, 2.75) is 66.0 Å². The number of hydrogen-bond donors (Lipinski definition) is 2. The lowest BCUT2D eigenvalue weighted by molar-refractivity contribution is -0.145. The van der Waals surface area contributed by atoms with Gasteiger partial charge in [-0.2, -0.15) is 23.1 Å². The van der Waals surface area contributed by atoms with Crippen LogP contribution in [0.15, 0.2) is 96.3 Å². The average Bonchev–Trinajstić information content (AvgIpc) is 2.43. The Hall–Kier alpha value is -10.3. The minimum absolute atomic E-state index is 0.0492. The third kappa shape index (κ3) is 10.5. The minimum Gasteiger partial charge on any atom is -0.337 e. The number of imidazole rings is 2. The molecule has 10 heterocycles. The van der Waals surface area contributed by atoms with Gasteiger partial charge < -0.3 is 28.8 Å². The molecule has 2 unspecified atom stereocenters. The van der Waals surface area contributed by atoms with E-state index in [2.05, 4.69) is 75.8 Å². The zero-order valence-corrected chi connectivity index (χ0v) is 40.3. The first-order valence-electron chi connectivity index (χ1n) is 25.2. The van der Waals surface area contributed by atoms with Gasteiger partial charge in [0.1, 0.15) is 36.8 Å². The molecule has 10 aromatic rings. The van der Waals surface area contributed by atoms with Crippen LogP contribution in [0.1, 0.15) is 69.2 Å². The number of aryl methyl sites for hydroxylation is 5. The average molecular weight is 1070 g/mol. The number of fused-ring (bicyclic) bond motifs is 2. The van der Waals surface area contributed by atoms with E-state index >= 15 is 0 Å². The number of aromatic nitrogens is 19. The molecule has 0 fully saturated rings. The molecule has 0 aliphatic carbocycles. The Bertz CT molecular complexity index is 4380. The molecule has 2 atom stereocenters. The number of anilines is 2. The fourth-order valence-corrected chi connectivity index (χ4v) is 7.32. The van der Waals surface area contributed by atoms with Crippen LogP contribution in [-0.4, -0.2) is 104 Å². The lowest BCUT2D eigenvalue weighted by Crippen LogP contribution is -2.40. The maximum absolute atomic E-state index is 13.5. The van der Waals surface area contributed by atoms with Gasteiger partial charge in [0.05, 0.1) is 36.4 Å². The van der Waals surface area contributed by atoms with E-state index in [1.54, 1.807) is 44.4 Å². The van der Waals surface area contributed by atoms with Gasteiger partial charge in [-0.15, -0.1) is 0 Å². The minimum atomic E-state index is -4.74. The number of rotatable bonds is 12. The lowest BCUT2D eigenvalue weighted by atomic mass is 10.2. The number of carbonyl (C=O) groups excluding carboxylic acids is 2. The molecule has 77 heavy (non-hydrogen) atoms. The van der Waals surface area contributed by atoms with Crippen molar-refractivity contribution >= 4 is 45.8 Å². The van der Waals surface area contributed by atoms with E-state index in [0.29, 0.717) is 35.4 Å². The second kappa shape index (κ2) is 20.5. The van der Waals surface area contributed by atoms with Crippen molar-refractivity contribution in [2.75, 3.05) is 10.6 Å². The number of hydrogen-bond acceptors (Lipinski definition) is 21. The Kier molecular flexibility index (Phi) is 11.8. The molecule has 394 valence electrons. The molecule has 0 aliphatic rings. The van der Waals surface area contributed by atoms with Gasteiger partial charge in [0.2, 0.25) is 29.4 Å². The molecule has 0 radical (unpaired) electrons. The van der Waals surface area contributed by atoms with Crippen LogP contribution >= 0.6 is 0 Å². The molecule has 0 saturated heterocycles. The molecule has 0 bridgehead atoms. The number of nitrogens with one attached hydrogen (secondary N) is 2. The summed E-state index contributed by atoms with van der Waals surface area (Å²) >= 11 is 0. The summed E-state index contributed by atoms with van der Waals surface area (Å²) in [6.07, 6.45) is 4.83. The Labute approximate surface area is 435 Å². The van der Waals surface area contributed by atoms with Crippen LogP contribution < -0.4 is 33.1 Å². The van der Waals surface area contributed by atoms with E-state index in [0.717, 1.165) is 35.8 Å². The molecule has 2 amide bonds. The second-order valence-electron chi connectivity index (χ2n) is 16.5. The van der Waals surface area contributed by atoms with E-state index < -0.39 is 96.7 Å². The molecular weight excluding hydrogens is 1020 g/mol. The summed E-state index contributed by atoms with van der Waals surface area (Å²) in [7, 11) is 0. The number of pyridine rings is 1. The first kappa shape index (κ1) is 44.2. The first-order chi connectivity index (χ1) is 39.1. The molecule has 10 aromatic heterocycles. The number of alkyl halides is 3. The van der Waals surface area contributed by atoms with Crippen molar-refractivity contribution in [1.82, 2.24) is 92.5 Å². The van der Waals surface area contributed by atoms with Gasteiger partial charge in [-0.25, -0.2) is 58.6 Å². The Balaban J connectivity index is 0.000000200. The van der Waals surface area contributed by atoms with Crippen molar-refractivity contribution in [3.05, 3.63) is 145 Å². The van der Waals surface area contributed by atoms with Gasteiger partial charge in [-0.3, -0.25) is 33.3 Å². The maximum Gasteiger partial charge on any atom is 0.451 e. The Morgan fingerprint density at radius 1 is 0.623 bits per heavy atom. The van der Waals surface area contributed by atoms with Gasteiger partial charge in [0, 0.05) is 58.1 Å². The molecule has 2 N–H and O–H groups in total. The summed E-state index contributed by atoms with van der Waals surface area (Å²) < 4.78 is 99.8. The molecule has 0 aromatic carbocycles. The predicted octanol–water partition coefficient (Wildman–Crippen LogP) is 2.10. The maximum atomic E-state index is 13.5. The van der Waals surface area contributed by atoms with Crippen LogP contribution in [0.3, 0.4) is 0 Å². The van der Waals surface area contributed by atoms with Gasteiger partial charge in [0.15, 0.2) is 39.8 Å². The van der Waals surface area contributed by atoms with Crippen molar-refractivity contribution in [2.24, 2.45) is 14.0 Å². The molecule has 0 saturated carbocycles. The van der Waals surface area contributed by atoms with Gasteiger partial charge >= 0.3 is 17.6 Å². The van der Waals surface area contributed by atoms with E-state index in [1.165, 1.54) is 31.5 Å². The number of nitrogens with zero attached hydrogens (tertiary/aromatic N) is 19. The summed E-state index contributed by atoms with van der Waals surface area (Å²) in [5.74, 6) is -1.69. The fourth-order valence-electron chi connectivity index (χ4n) is 7.32. The zero-order chi connectivity index (χ0) is 60.0. The van der Waals surface area contributed by atoms with Gasteiger partial charge in [0.25, 0.3) is 11.1 Å². The van der Waals surface area contributed by atoms with E-state index in [1.807, 2.05) is 0 Å². The molecule has 0 spiro atoms. The van der Waals surface area contributed by atoms with Gasteiger partial charge in [-0.05, 0) is 46.8 Å². The standard InChI is InChI=1S/C23H22N10O4.C22H18F3N11O4/c1-12(21(34)29-17-7-5-6-16(28-17)15-8-24-13(2)25-9-15)33-11-26-20-19(33)22(35)32(23(36)31(20)4)10-18-27-14(3)30-37-18;1-10(18(37)32-14-7-26-6-13(31-14)12-4-27-20(28-5-12)22(23,24)25)36-9-29-17-16(36)19(38)35(21(39)34(17)3)8-15-30-11(2)33-40-15/h5-9,11-12H,10H2,1-4H3,(H,28,29,34);4-7,9-10H,8H2,1-3H3,(H,31,32,37)/i4D3;3D3. The summed E-state index contributed by atoms with van der Waals surface area (Å²) in [5.41, 5.74) is -4.43. The van der Waals surface area contributed by atoms with Crippen LogP contribution in [0.5, 0.6) is 0 Å². The molecule has 32 heteroatoms. The third-order valence-electron chi connectivity index (χ3n) is 11.2. The van der Waals surface area contributed by atoms with Crippen LogP contribution in [0.4, 0.5) is 24.8 Å². The largest absolute Gasteiger partial charge is 0.451 e. The quantitative estimate of drug-likeness (QED) is 0.177. The number of carbonyl (C=O) groups is 2. The number of halogens is 3. The molecule has 0 aliphatic heterocycles. The summed E-state index contributed by atoms with van der Waals surface area (Å²) in [6.45, 7) is 0.607. The highest BCUT2D eigenvalue weighted by atomic mass is 19.4. The number of amides is 2. The highest BCUT2D eigenvalue weighted by Gasteiger charge is 2.34. The van der Waals surface area contributed by atoms with Crippen LogP contribution in [0, 0.1) is 20.8 Å². The lowest BCUT2D eigenvalue weighted by Gasteiger charge is -2.15. The summed E-state index contributed by atoms with van der Waals surface area (Å²) in [5, 5.41) is 12.4. The third-order valence-corrected chi connectivity index (χ3v) is 11.2. The molecule has 29 nitrogen and oxygen atoms in total.